The van der Waals surface area contributed by atoms with Crippen LogP contribution in [-0.4, -0.2) is 29.4 Å². The van der Waals surface area contributed by atoms with Crippen LogP contribution in [0.3, 0.4) is 0 Å². The molecule has 0 fully saturated rings. The van der Waals surface area contributed by atoms with Crippen molar-refractivity contribution in [3.05, 3.63) is 33.8 Å². The van der Waals surface area contributed by atoms with Crippen LogP contribution in [0, 0.1) is 5.92 Å². The molecule has 0 saturated heterocycles. The highest BCUT2D eigenvalue weighted by atomic mass is 35.5. The van der Waals surface area contributed by atoms with Crippen LogP contribution in [0.15, 0.2) is 18.2 Å². The van der Waals surface area contributed by atoms with E-state index >= 15 is 0 Å². The molecule has 1 aromatic rings. The number of halogens is 2. The molecule has 19 heavy (non-hydrogen) atoms. The predicted molar refractivity (Wildman–Crippen MR) is 79.8 cm³/mol. The van der Waals surface area contributed by atoms with Gasteiger partial charge in [-0.3, -0.25) is 0 Å². The van der Waals surface area contributed by atoms with E-state index in [9.17, 15) is 10.2 Å². The maximum atomic E-state index is 10.1. The highest BCUT2D eigenvalue weighted by Crippen LogP contribution is 2.26. The van der Waals surface area contributed by atoms with Crippen LogP contribution in [0.1, 0.15) is 31.9 Å². The summed E-state index contributed by atoms with van der Waals surface area (Å²) < 4.78 is 0. The Morgan fingerprint density at radius 2 is 1.95 bits per heavy atom. The van der Waals surface area contributed by atoms with Crippen molar-refractivity contribution in [3.8, 4) is 0 Å². The molecule has 0 radical (unpaired) electrons. The number of aliphatic hydroxyl groups is 2. The minimum absolute atomic E-state index is 0.0207. The van der Waals surface area contributed by atoms with Crippen LogP contribution in [0.4, 0.5) is 0 Å². The maximum absolute atomic E-state index is 10.1. The van der Waals surface area contributed by atoms with Crippen molar-refractivity contribution in [1.82, 2.24) is 5.32 Å². The summed E-state index contributed by atoms with van der Waals surface area (Å²) in [6.45, 7) is 4.56. The van der Waals surface area contributed by atoms with Crippen molar-refractivity contribution in [3.63, 3.8) is 0 Å². The van der Waals surface area contributed by atoms with Gasteiger partial charge >= 0.3 is 0 Å². The molecular formula is C14H21Cl2NO2. The Morgan fingerprint density at radius 3 is 2.53 bits per heavy atom. The zero-order valence-corrected chi connectivity index (χ0v) is 12.7. The molecule has 0 heterocycles. The Balaban J connectivity index is 2.59. The summed E-state index contributed by atoms with van der Waals surface area (Å²) in [6.07, 6.45) is 0.111. The second-order valence-electron chi connectivity index (χ2n) is 5.10. The number of nitrogens with one attached hydrogen (secondary N) is 1. The van der Waals surface area contributed by atoms with Gasteiger partial charge in [0.2, 0.25) is 0 Å². The first kappa shape index (κ1) is 16.7. The molecule has 0 amide bonds. The Kier molecular flexibility index (Phi) is 7.11. The molecule has 3 nitrogen and oxygen atoms in total. The molecule has 0 aliphatic rings. The third-order valence-corrected chi connectivity index (χ3v) is 3.47. The smallest absolute Gasteiger partial charge is 0.0929 e. The molecule has 0 spiro atoms. The molecule has 5 heteroatoms. The number of hydrogen-bond donors (Lipinski definition) is 3. The van der Waals surface area contributed by atoms with Crippen LogP contribution >= 0.6 is 23.2 Å². The van der Waals surface area contributed by atoms with Crippen LogP contribution in [0.2, 0.25) is 10.0 Å². The third-order valence-electron chi connectivity index (χ3n) is 2.89. The molecule has 1 rings (SSSR count). The minimum Gasteiger partial charge on any atom is -0.395 e. The molecule has 0 bridgehead atoms. The number of hydrogen-bond acceptors (Lipinski definition) is 3. The van der Waals surface area contributed by atoms with Gasteiger partial charge in [0.05, 0.1) is 12.7 Å². The molecule has 0 aromatic heterocycles. The molecule has 108 valence electrons. The van der Waals surface area contributed by atoms with E-state index in [-0.39, 0.29) is 12.6 Å². The lowest BCUT2D eigenvalue weighted by Gasteiger charge is -2.21. The summed E-state index contributed by atoms with van der Waals surface area (Å²) in [6, 6.07) is 4.99. The standard InChI is InChI=1S/C14H21Cl2NO2/c1-9(2)5-11(8-18)17-7-14(19)12-6-10(15)3-4-13(12)16/h3-4,6,9,11,14,17-19H,5,7-8H2,1-2H3. The van der Waals surface area contributed by atoms with Crippen LogP contribution < -0.4 is 5.32 Å². The molecule has 2 atom stereocenters. The fourth-order valence-electron chi connectivity index (χ4n) is 1.95. The zero-order chi connectivity index (χ0) is 14.4. The highest BCUT2D eigenvalue weighted by Gasteiger charge is 2.15. The van der Waals surface area contributed by atoms with Crippen molar-refractivity contribution in [1.29, 1.82) is 0 Å². The summed E-state index contributed by atoms with van der Waals surface area (Å²) in [4.78, 5) is 0. The summed E-state index contributed by atoms with van der Waals surface area (Å²) in [5.74, 6) is 0.483. The monoisotopic (exact) mass is 305 g/mol. The minimum atomic E-state index is -0.743. The summed E-state index contributed by atoms with van der Waals surface area (Å²) in [7, 11) is 0. The Morgan fingerprint density at radius 1 is 1.26 bits per heavy atom. The summed E-state index contributed by atoms with van der Waals surface area (Å²) >= 11 is 11.9. The number of rotatable bonds is 7. The van der Waals surface area contributed by atoms with Gasteiger partial charge in [-0.05, 0) is 30.5 Å². The molecule has 2 unspecified atom stereocenters. The van der Waals surface area contributed by atoms with Gasteiger partial charge in [0.25, 0.3) is 0 Å². The van der Waals surface area contributed by atoms with E-state index in [1.165, 1.54) is 0 Å². The summed E-state index contributed by atoms with van der Waals surface area (Å²) in [5.41, 5.74) is 0.600. The SMILES string of the molecule is CC(C)CC(CO)NCC(O)c1cc(Cl)ccc1Cl. The van der Waals surface area contributed by atoms with E-state index in [2.05, 4.69) is 19.2 Å². The van der Waals surface area contributed by atoms with E-state index in [1.54, 1.807) is 18.2 Å². The van der Waals surface area contributed by atoms with E-state index < -0.39 is 6.10 Å². The topological polar surface area (TPSA) is 52.5 Å². The highest BCUT2D eigenvalue weighted by molar-refractivity contribution is 6.33. The fourth-order valence-corrected chi connectivity index (χ4v) is 2.37. The first-order chi connectivity index (χ1) is 8.93. The molecule has 1 aromatic carbocycles. The van der Waals surface area contributed by atoms with Gasteiger partial charge < -0.3 is 15.5 Å². The molecule has 0 aliphatic heterocycles. The average molecular weight is 306 g/mol. The zero-order valence-electron chi connectivity index (χ0n) is 11.2. The first-order valence-corrected chi connectivity index (χ1v) is 7.16. The van der Waals surface area contributed by atoms with Gasteiger partial charge in [0.15, 0.2) is 0 Å². The van der Waals surface area contributed by atoms with E-state index in [1.807, 2.05) is 0 Å². The predicted octanol–water partition coefficient (Wildman–Crippen LogP) is 3.02. The van der Waals surface area contributed by atoms with Gasteiger partial charge in [-0.15, -0.1) is 0 Å². The molecular weight excluding hydrogens is 285 g/mol. The van der Waals surface area contributed by atoms with Gasteiger partial charge in [-0.1, -0.05) is 37.0 Å². The maximum Gasteiger partial charge on any atom is 0.0929 e. The second kappa shape index (κ2) is 8.08. The van der Waals surface area contributed by atoms with E-state index in [0.29, 0.717) is 28.1 Å². The summed E-state index contributed by atoms with van der Waals surface area (Å²) in [5, 5.41) is 23.6. The Labute approximate surface area is 124 Å². The lowest BCUT2D eigenvalue weighted by atomic mass is 10.0. The second-order valence-corrected chi connectivity index (χ2v) is 5.94. The van der Waals surface area contributed by atoms with Crippen molar-refractivity contribution < 1.29 is 10.2 Å². The van der Waals surface area contributed by atoms with Crippen molar-refractivity contribution in [2.75, 3.05) is 13.2 Å². The van der Waals surface area contributed by atoms with E-state index in [0.717, 1.165) is 6.42 Å². The van der Waals surface area contributed by atoms with Crippen molar-refractivity contribution >= 4 is 23.2 Å². The van der Waals surface area contributed by atoms with Crippen LogP contribution in [0.5, 0.6) is 0 Å². The van der Waals surface area contributed by atoms with Gasteiger partial charge in [0.1, 0.15) is 0 Å². The largest absolute Gasteiger partial charge is 0.395 e. The lowest BCUT2D eigenvalue weighted by molar-refractivity contribution is 0.154. The Hall–Kier alpha value is -0.320. The molecule has 3 N–H and O–H groups in total. The normalized spacial score (nSPS) is 14.7. The van der Waals surface area contributed by atoms with Crippen molar-refractivity contribution in [2.45, 2.75) is 32.4 Å². The van der Waals surface area contributed by atoms with E-state index in [4.69, 9.17) is 23.2 Å². The van der Waals surface area contributed by atoms with Gasteiger partial charge in [0, 0.05) is 28.2 Å². The number of aliphatic hydroxyl groups excluding tert-OH is 2. The van der Waals surface area contributed by atoms with Crippen molar-refractivity contribution in [2.24, 2.45) is 5.92 Å². The van der Waals surface area contributed by atoms with Gasteiger partial charge in [-0.25, -0.2) is 0 Å². The fraction of sp³-hybridized carbons (Fsp3) is 0.571. The Bertz CT molecular complexity index is 399. The van der Waals surface area contributed by atoms with Gasteiger partial charge in [-0.2, -0.15) is 0 Å². The number of benzene rings is 1. The first-order valence-electron chi connectivity index (χ1n) is 6.41. The van der Waals surface area contributed by atoms with Crippen LogP contribution in [0.25, 0.3) is 0 Å². The third kappa shape index (κ3) is 5.67. The average Bonchev–Trinajstić information content (AvgIpc) is 2.36. The molecule has 0 aliphatic carbocycles. The lowest BCUT2D eigenvalue weighted by Crippen LogP contribution is -2.36. The molecule has 0 saturated carbocycles. The quantitative estimate of drug-likeness (QED) is 0.726. The van der Waals surface area contributed by atoms with Crippen LogP contribution in [-0.2, 0) is 0 Å².